The van der Waals surface area contributed by atoms with Gasteiger partial charge in [-0.3, -0.25) is 14.4 Å². The smallest absolute Gasteiger partial charge is 0.306 e. The van der Waals surface area contributed by atoms with E-state index in [0.717, 1.165) is 109 Å². The van der Waals surface area contributed by atoms with Gasteiger partial charge in [0, 0.05) is 19.3 Å². The molecule has 0 aliphatic heterocycles. The van der Waals surface area contributed by atoms with E-state index in [9.17, 15) is 14.4 Å². The number of hydrogen-bond donors (Lipinski definition) is 0. The van der Waals surface area contributed by atoms with Crippen molar-refractivity contribution in [3.05, 3.63) is 97.2 Å². The van der Waals surface area contributed by atoms with Crippen molar-refractivity contribution in [2.24, 2.45) is 0 Å². The molecule has 0 amide bonds. The summed E-state index contributed by atoms with van der Waals surface area (Å²) in [6.07, 6.45) is 84.1. The summed E-state index contributed by atoms with van der Waals surface area (Å²) in [7, 11) is 0. The normalized spacial score (nSPS) is 12.7. The molecule has 0 aliphatic carbocycles. The maximum atomic E-state index is 12.9. The maximum Gasteiger partial charge on any atom is 0.306 e. The number of carbonyl (C=O) groups excluding carboxylic acids is 3. The van der Waals surface area contributed by atoms with Gasteiger partial charge in [0.15, 0.2) is 6.10 Å². The highest BCUT2D eigenvalue weighted by Crippen LogP contribution is 2.16. The van der Waals surface area contributed by atoms with Crippen molar-refractivity contribution < 1.29 is 28.6 Å². The van der Waals surface area contributed by atoms with Crippen molar-refractivity contribution in [1.29, 1.82) is 0 Å². The molecule has 0 saturated carbocycles. The summed E-state index contributed by atoms with van der Waals surface area (Å²) < 4.78 is 16.9. The van der Waals surface area contributed by atoms with Crippen LogP contribution in [0.25, 0.3) is 0 Å². The number of rotatable bonds is 57. The summed E-state index contributed by atoms with van der Waals surface area (Å²) in [4.78, 5) is 38.2. The second kappa shape index (κ2) is 62.9. The predicted octanol–water partition coefficient (Wildman–Crippen LogP) is 21.7. The first kappa shape index (κ1) is 71.3. The third kappa shape index (κ3) is 61.1. The fourth-order valence-corrected chi connectivity index (χ4v) is 8.78. The molecule has 75 heavy (non-hydrogen) atoms. The highest BCUT2D eigenvalue weighted by Gasteiger charge is 2.19. The molecule has 0 rings (SSSR count). The molecule has 6 nitrogen and oxygen atoms in total. The largest absolute Gasteiger partial charge is 0.462 e. The predicted molar refractivity (Wildman–Crippen MR) is 325 cm³/mol. The van der Waals surface area contributed by atoms with Crippen LogP contribution in [0.4, 0.5) is 0 Å². The van der Waals surface area contributed by atoms with E-state index in [1.54, 1.807) is 0 Å². The van der Waals surface area contributed by atoms with Crippen LogP contribution in [0.2, 0.25) is 0 Å². The van der Waals surface area contributed by atoms with Gasteiger partial charge in [-0.25, -0.2) is 0 Å². The van der Waals surface area contributed by atoms with Crippen LogP contribution in [0.1, 0.15) is 303 Å². The van der Waals surface area contributed by atoms with Gasteiger partial charge in [0.25, 0.3) is 0 Å². The number of esters is 3. The van der Waals surface area contributed by atoms with Crippen LogP contribution in [0.15, 0.2) is 97.2 Å². The zero-order valence-electron chi connectivity index (χ0n) is 49.3. The third-order valence-electron chi connectivity index (χ3n) is 13.5. The number of unbranched alkanes of at least 4 members (excludes halogenated alkanes) is 30. The number of ether oxygens (including phenoxy) is 3. The molecule has 1 unspecified atom stereocenters. The summed E-state index contributed by atoms with van der Waals surface area (Å²) in [6.45, 7) is 6.49. The van der Waals surface area contributed by atoms with Crippen LogP contribution in [-0.2, 0) is 28.6 Å². The van der Waals surface area contributed by atoms with Crippen molar-refractivity contribution in [2.75, 3.05) is 13.2 Å². The van der Waals surface area contributed by atoms with Gasteiger partial charge in [-0.2, -0.15) is 0 Å². The monoisotopic (exact) mass is 1040 g/mol. The Hall–Kier alpha value is -3.67. The second-order valence-corrected chi connectivity index (χ2v) is 20.9. The van der Waals surface area contributed by atoms with Crippen molar-refractivity contribution >= 4 is 17.9 Å². The first-order valence-corrected chi connectivity index (χ1v) is 31.7. The quantitative estimate of drug-likeness (QED) is 0.0261. The highest BCUT2D eigenvalue weighted by atomic mass is 16.6. The van der Waals surface area contributed by atoms with E-state index in [2.05, 4.69) is 118 Å². The lowest BCUT2D eigenvalue weighted by molar-refractivity contribution is -0.167. The SMILES string of the molecule is CC/C=C\C/C=C\C/C=C\C/C=C\C/C=C\C/C=C\CCCCCCCCCCC(=O)OCC(COC(=O)CCCCCCC/C=C\CCCC)OC(=O)CCCCCCCCCCC/C=C\CCCCCCCC. The van der Waals surface area contributed by atoms with E-state index in [0.29, 0.717) is 19.3 Å². The average molecular weight is 1040 g/mol. The van der Waals surface area contributed by atoms with E-state index in [1.807, 2.05) is 0 Å². The van der Waals surface area contributed by atoms with Crippen molar-refractivity contribution in [3.63, 3.8) is 0 Å². The Morgan fingerprint density at radius 3 is 0.867 bits per heavy atom. The first-order chi connectivity index (χ1) is 37.0. The number of allylic oxidation sites excluding steroid dienone is 16. The Kier molecular flexibility index (Phi) is 59.8. The van der Waals surface area contributed by atoms with Crippen molar-refractivity contribution in [2.45, 2.75) is 309 Å². The summed E-state index contributed by atoms with van der Waals surface area (Å²) in [5, 5.41) is 0. The van der Waals surface area contributed by atoms with E-state index in [-0.39, 0.29) is 31.1 Å². The van der Waals surface area contributed by atoms with Crippen LogP contribution in [0.5, 0.6) is 0 Å². The molecule has 0 N–H and O–H groups in total. The molecular formula is C69H118O6. The van der Waals surface area contributed by atoms with Gasteiger partial charge in [0.2, 0.25) is 0 Å². The number of hydrogen-bond acceptors (Lipinski definition) is 6. The summed E-state index contributed by atoms with van der Waals surface area (Å²) in [5.74, 6) is -0.896. The topological polar surface area (TPSA) is 78.9 Å². The lowest BCUT2D eigenvalue weighted by Gasteiger charge is -2.18. The minimum Gasteiger partial charge on any atom is -0.462 e. The minimum atomic E-state index is -0.786. The molecule has 0 aromatic heterocycles. The Bertz CT molecular complexity index is 1480. The molecule has 1 atom stereocenters. The lowest BCUT2D eigenvalue weighted by Crippen LogP contribution is -2.30. The van der Waals surface area contributed by atoms with Crippen LogP contribution < -0.4 is 0 Å². The zero-order valence-corrected chi connectivity index (χ0v) is 49.3. The zero-order chi connectivity index (χ0) is 54.3. The maximum absolute atomic E-state index is 12.9. The van der Waals surface area contributed by atoms with Gasteiger partial charge in [-0.15, -0.1) is 0 Å². The molecule has 430 valence electrons. The molecule has 0 aliphatic rings. The van der Waals surface area contributed by atoms with Gasteiger partial charge < -0.3 is 14.2 Å². The Balaban J connectivity index is 4.30. The van der Waals surface area contributed by atoms with Crippen molar-refractivity contribution in [3.8, 4) is 0 Å². The first-order valence-electron chi connectivity index (χ1n) is 31.7. The third-order valence-corrected chi connectivity index (χ3v) is 13.5. The summed E-state index contributed by atoms with van der Waals surface area (Å²) >= 11 is 0. The highest BCUT2D eigenvalue weighted by molar-refractivity contribution is 5.71. The van der Waals surface area contributed by atoms with Gasteiger partial charge in [0.1, 0.15) is 13.2 Å². The standard InChI is InChI=1S/C69H118O6/c1-4-7-10-13-16-19-22-24-26-28-30-31-32-33-34-35-36-37-39-40-42-44-47-50-53-56-59-62-68(71)74-65-66(64-73-67(70)61-58-55-52-49-46-21-18-15-12-9-6-3)75-69(72)63-60-57-54-51-48-45-43-41-38-29-27-25-23-20-17-14-11-8-5-2/h7,10,15-16,18-19,24-27,30-31,33-34,36-37,66H,4-6,8-9,11-14,17,20-23,28-29,32,35,38-65H2,1-3H3/b10-7-,18-15-,19-16-,26-24-,27-25-,31-30-,34-33-,37-36-. The van der Waals surface area contributed by atoms with Crippen LogP contribution in [-0.4, -0.2) is 37.2 Å². The van der Waals surface area contributed by atoms with Crippen LogP contribution >= 0.6 is 0 Å². The number of carbonyl (C=O) groups is 3. The van der Waals surface area contributed by atoms with E-state index >= 15 is 0 Å². The van der Waals surface area contributed by atoms with Crippen LogP contribution in [0.3, 0.4) is 0 Å². The molecule has 0 saturated heterocycles. The molecule has 0 aromatic carbocycles. The van der Waals surface area contributed by atoms with E-state index < -0.39 is 6.10 Å². The fraction of sp³-hybridized carbons (Fsp3) is 0.725. The summed E-state index contributed by atoms with van der Waals surface area (Å²) in [6, 6.07) is 0. The molecule has 0 aromatic rings. The Morgan fingerprint density at radius 1 is 0.280 bits per heavy atom. The second-order valence-electron chi connectivity index (χ2n) is 20.9. The molecular weight excluding hydrogens is 925 g/mol. The Labute approximate surface area is 464 Å². The fourth-order valence-electron chi connectivity index (χ4n) is 8.78. The van der Waals surface area contributed by atoms with Crippen LogP contribution in [0, 0.1) is 0 Å². The molecule has 0 fully saturated rings. The lowest BCUT2D eigenvalue weighted by atomic mass is 10.1. The summed E-state index contributed by atoms with van der Waals surface area (Å²) in [5.41, 5.74) is 0. The molecule has 0 spiro atoms. The van der Waals surface area contributed by atoms with Gasteiger partial charge in [0.05, 0.1) is 0 Å². The van der Waals surface area contributed by atoms with Gasteiger partial charge >= 0.3 is 17.9 Å². The molecule has 0 bridgehead atoms. The van der Waals surface area contributed by atoms with E-state index in [1.165, 1.54) is 154 Å². The molecule has 6 heteroatoms. The molecule has 0 radical (unpaired) electrons. The van der Waals surface area contributed by atoms with Gasteiger partial charge in [-0.1, -0.05) is 266 Å². The van der Waals surface area contributed by atoms with Gasteiger partial charge in [-0.05, 0) is 116 Å². The van der Waals surface area contributed by atoms with E-state index in [4.69, 9.17) is 14.2 Å². The average Bonchev–Trinajstić information content (AvgIpc) is 3.41. The minimum absolute atomic E-state index is 0.0842. The molecule has 0 heterocycles. The Morgan fingerprint density at radius 2 is 0.533 bits per heavy atom. The van der Waals surface area contributed by atoms with Crippen molar-refractivity contribution in [1.82, 2.24) is 0 Å².